The largest absolute Gasteiger partial charge is 0.324 e. The summed E-state index contributed by atoms with van der Waals surface area (Å²) in [4.78, 5) is 0. The van der Waals surface area contributed by atoms with Gasteiger partial charge in [-0.15, -0.1) is 0 Å². The average Bonchev–Trinajstić information content (AvgIpc) is 2.20. The number of hydrogen-bond donors (Lipinski definition) is 0. The molecular formula is C11H23IN+. The monoisotopic (exact) mass is 296 g/mol. The van der Waals surface area contributed by atoms with E-state index in [-0.39, 0.29) is 0 Å². The quantitative estimate of drug-likeness (QED) is 0.382. The number of nitrogens with zero attached hydrogens (tertiary/aromatic N) is 1. The zero-order chi connectivity index (χ0) is 10.2. The van der Waals surface area contributed by atoms with Gasteiger partial charge in [0, 0.05) is 6.42 Å². The van der Waals surface area contributed by atoms with Gasteiger partial charge in [0.2, 0.25) is 0 Å². The second-order valence-corrected chi connectivity index (χ2v) is 4.24. The number of rotatable bonds is 7. The van der Waals surface area contributed by atoms with Gasteiger partial charge in [-0.1, -0.05) is 28.7 Å². The van der Waals surface area contributed by atoms with Crippen LogP contribution in [0.3, 0.4) is 0 Å². The molecule has 0 fully saturated rings. The van der Waals surface area contributed by atoms with Crippen molar-refractivity contribution in [1.29, 1.82) is 0 Å². The summed E-state index contributed by atoms with van der Waals surface area (Å²) in [6.07, 6.45) is 4.83. The standard InChI is InChI=1S/C11H23IN/c1-4-13(5-2,6-3)11-9-7-8-10-12/h8,10H,4-7,9,11H2,1-3H3/q+1/b10-8+. The Bertz CT molecular complexity index is 131. The van der Waals surface area contributed by atoms with E-state index in [0.29, 0.717) is 0 Å². The smallest absolute Gasteiger partial charge is 0.0789 e. The minimum atomic E-state index is 1.24. The lowest BCUT2D eigenvalue weighted by Crippen LogP contribution is -2.48. The Kier molecular flexibility index (Phi) is 8.06. The minimum Gasteiger partial charge on any atom is -0.324 e. The van der Waals surface area contributed by atoms with Crippen LogP contribution in [0.1, 0.15) is 33.6 Å². The number of halogens is 1. The van der Waals surface area contributed by atoms with Gasteiger partial charge in [-0.2, -0.15) is 0 Å². The molecule has 0 spiro atoms. The molecule has 0 aliphatic rings. The maximum absolute atomic E-state index is 2.31. The Morgan fingerprint density at radius 2 is 1.62 bits per heavy atom. The van der Waals surface area contributed by atoms with Crippen molar-refractivity contribution in [2.45, 2.75) is 33.6 Å². The van der Waals surface area contributed by atoms with Crippen molar-refractivity contribution in [1.82, 2.24) is 0 Å². The highest BCUT2D eigenvalue weighted by Gasteiger charge is 2.18. The fourth-order valence-electron chi connectivity index (χ4n) is 1.75. The zero-order valence-electron chi connectivity index (χ0n) is 9.22. The Morgan fingerprint density at radius 3 is 2.00 bits per heavy atom. The Morgan fingerprint density at radius 1 is 1.08 bits per heavy atom. The van der Waals surface area contributed by atoms with Gasteiger partial charge in [-0.25, -0.2) is 0 Å². The van der Waals surface area contributed by atoms with Gasteiger partial charge in [-0.05, 0) is 31.3 Å². The third-order valence-corrected chi connectivity index (χ3v) is 3.61. The molecule has 2 heteroatoms. The van der Waals surface area contributed by atoms with Crippen LogP contribution in [0.2, 0.25) is 0 Å². The van der Waals surface area contributed by atoms with Gasteiger partial charge in [0.15, 0.2) is 0 Å². The molecular weight excluding hydrogens is 273 g/mol. The maximum atomic E-state index is 2.31. The molecule has 0 saturated carbocycles. The second-order valence-electron chi connectivity index (χ2n) is 3.52. The van der Waals surface area contributed by atoms with Gasteiger partial charge in [0.05, 0.1) is 26.2 Å². The van der Waals surface area contributed by atoms with Gasteiger partial charge >= 0.3 is 0 Å². The lowest BCUT2D eigenvalue weighted by atomic mass is 10.2. The van der Waals surface area contributed by atoms with E-state index in [1.165, 1.54) is 43.5 Å². The van der Waals surface area contributed by atoms with Crippen molar-refractivity contribution < 1.29 is 4.48 Å². The SMILES string of the molecule is CC[N+](CC)(CC)CCC/C=C/I. The van der Waals surface area contributed by atoms with E-state index in [1.807, 2.05) is 0 Å². The van der Waals surface area contributed by atoms with E-state index in [4.69, 9.17) is 0 Å². The highest BCUT2D eigenvalue weighted by atomic mass is 127. The first-order valence-electron chi connectivity index (χ1n) is 5.35. The Balaban J connectivity index is 3.81. The molecule has 0 aliphatic carbocycles. The zero-order valence-corrected chi connectivity index (χ0v) is 11.4. The summed E-state index contributed by atoms with van der Waals surface area (Å²) in [7, 11) is 0. The van der Waals surface area contributed by atoms with Crippen LogP contribution in [0.5, 0.6) is 0 Å². The van der Waals surface area contributed by atoms with Crippen LogP contribution in [0.25, 0.3) is 0 Å². The van der Waals surface area contributed by atoms with E-state index in [2.05, 4.69) is 53.5 Å². The average molecular weight is 296 g/mol. The third-order valence-electron chi connectivity index (χ3n) is 3.10. The molecule has 0 unspecified atom stereocenters. The fourth-order valence-corrected chi connectivity index (χ4v) is 2.11. The van der Waals surface area contributed by atoms with Gasteiger partial charge in [0.25, 0.3) is 0 Å². The van der Waals surface area contributed by atoms with Crippen molar-refractivity contribution in [3.63, 3.8) is 0 Å². The summed E-state index contributed by atoms with van der Waals surface area (Å²) >= 11 is 2.29. The molecule has 0 rings (SSSR count). The Hall–Kier alpha value is 0.430. The summed E-state index contributed by atoms with van der Waals surface area (Å²) in [6.45, 7) is 12.1. The minimum absolute atomic E-state index is 1.24. The molecule has 0 atom stereocenters. The topological polar surface area (TPSA) is 0 Å². The summed E-state index contributed by atoms with van der Waals surface area (Å²) in [5, 5.41) is 0. The van der Waals surface area contributed by atoms with Crippen LogP contribution < -0.4 is 0 Å². The van der Waals surface area contributed by atoms with Crippen molar-refractivity contribution in [2.75, 3.05) is 26.2 Å². The van der Waals surface area contributed by atoms with Crippen molar-refractivity contribution in [2.24, 2.45) is 0 Å². The number of quaternary nitrogens is 1. The molecule has 0 aromatic rings. The molecule has 13 heavy (non-hydrogen) atoms. The molecule has 1 nitrogen and oxygen atoms in total. The summed E-state index contributed by atoms with van der Waals surface area (Å²) < 4.78 is 3.41. The normalized spacial score (nSPS) is 12.6. The molecule has 0 amide bonds. The van der Waals surface area contributed by atoms with Gasteiger partial charge < -0.3 is 4.48 Å². The van der Waals surface area contributed by atoms with Crippen LogP contribution in [-0.2, 0) is 0 Å². The van der Waals surface area contributed by atoms with E-state index >= 15 is 0 Å². The predicted octanol–water partition coefficient (Wildman–Crippen LogP) is 3.59. The molecule has 0 bridgehead atoms. The van der Waals surface area contributed by atoms with Crippen LogP contribution in [0.4, 0.5) is 0 Å². The van der Waals surface area contributed by atoms with E-state index in [0.717, 1.165) is 0 Å². The van der Waals surface area contributed by atoms with Crippen molar-refractivity contribution >= 4 is 22.6 Å². The van der Waals surface area contributed by atoms with Crippen LogP contribution in [-0.4, -0.2) is 30.7 Å². The number of unbranched alkanes of at least 4 members (excludes halogenated alkanes) is 1. The van der Waals surface area contributed by atoms with E-state index in [9.17, 15) is 0 Å². The number of hydrogen-bond acceptors (Lipinski definition) is 0. The van der Waals surface area contributed by atoms with E-state index < -0.39 is 0 Å². The van der Waals surface area contributed by atoms with Crippen molar-refractivity contribution in [3.05, 3.63) is 10.2 Å². The first-order chi connectivity index (χ1) is 6.24. The first kappa shape index (κ1) is 13.4. The first-order valence-corrected chi connectivity index (χ1v) is 6.59. The lowest BCUT2D eigenvalue weighted by Gasteiger charge is -2.35. The highest BCUT2D eigenvalue weighted by molar-refractivity contribution is 14.1. The third kappa shape index (κ3) is 5.01. The maximum Gasteiger partial charge on any atom is 0.0789 e. The Labute approximate surface area is 96.9 Å². The van der Waals surface area contributed by atoms with E-state index in [1.54, 1.807) is 0 Å². The van der Waals surface area contributed by atoms with Crippen molar-refractivity contribution in [3.8, 4) is 0 Å². The molecule has 0 N–H and O–H groups in total. The van der Waals surface area contributed by atoms with Crippen LogP contribution in [0.15, 0.2) is 10.2 Å². The predicted molar refractivity (Wildman–Crippen MR) is 69.1 cm³/mol. The second kappa shape index (κ2) is 7.80. The molecule has 0 radical (unpaired) electrons. The summed E-state index contributed by atoms with van der Waals surface area (Å²) in [6, 6.07) is 0. The molecule has 0 heterocycles. The molecule has 0 aromatic heterocycles. The van der Waals surface area contributed by atoms with Crippen LogP contribution >= 0.6 is 22.6 Å². The lowest BCUT2D eigenvalue weighted by molar-refractivity contribution is -0.923. The summed E-state index contributed by atoms with van der Waals surface area (Å²) in [5.74, 6) is 0. The van der Waals surface area contributed by atoms with Gasteiger partial charge in [0.1, 0.15) is 0 Å². The number of allylic oxidation sites excluding steroid dienone is 1. The fraction of sp³-hybridized carbons (Fsp3) is 0.818. The molecule has 0 aromatic carbocycles. The molecule has 78 valence electrons. The van der Waals surface area contributed by atoms with Crippen LogP contribution in [0, 0.1) is 0 Å². The molecule has 0 saturated heterocycles. The highest BCUT2D eigenvalue weighted by Crippen LogP contribution is 2.08. The summed E-state index contributed by atoms with van der Waals surface area (Å²) in [5.41, 5.74) is 0. The van der Waals surface area contributed by atoms with Gasteiger partial charge in [-0.3, -0.25) is 0 Å². The molecule has 0 aliphatic heterocycles.